The number of halogens is 1. The zero-order valence-electron chi connectivity index (χ0n) is 11.2. The first-order valence-electron chi connectivity index (χ1n) is 6.57. The lowest BCUT2D eigenvalue weighted by Gasteiger charge is -2.30. The van der Waals surface area contributed by atoms with Gasteiger partial charge in [-0.05, 0) is 31.2 Å². The molecule has 0 unspecified atom stereocenters. The molecule has 0 saturated carbocycles. The Bertz CT molecular complexity index is 967. The van der Waals surface area contributed by atoms with E-state index in [1.165, 1.54) is 10.7 Å². The molecular formula is C16H11FN3O-. The first-order chi connectivity index (χ1) is 10.2. The van der Waals surface area contributed by atoms with Gasteiger partial charge in [0, 0.05) is 17.0 Å². The molecule has 0 N–H and O–H groups in total. The van der Waals surface area contributed by atoms with Crippen molar-refractivity contribution < 1.29 is 9.50 Å². The Labute approximate surface area is 119 Å². The standard InChI is InChI=1S/C16H12FN3O/c1-10-5-7-12(9-18-10)19-16(21)14-8-6-11-3-2-4-13(17)15(11)20(14)19/h2-9,21H,1H3/p-1. The van der Waals surface area contributed by atoms with Crippen LogP contribution in [-0.2, 0) is 0 Å². The third-order valence-electron chi connectivity index (χ3n) is 3.63. The highest BCUT2D eigenvalue weighted by Crippen LogP contribution is 2.30. The van der Waals surface area contributed by atoms with Crippen LogP contribution in [0.4, 0.5) is 4.39 Å². The van der Waals surface area contributed by atoms with Crippen LogP contribution in [-0.4, -0.2) is 14.2 Å². The molecule has 4 nitrogen and oxygen atoms in total. The van der Waals surface area contributed by atoms with E-state index in [4.69, 9.17) is 0 Å². The van der Waals surface area contributed by atoms with Crippen LogP contribution in [0.1, 0.15) is 5.69 Å². The Morgan fingerprint density at radius 1 is 1.10 bits per heavy atom. The summed E-state index contributed by atoms with van der Waals surface area (Å²) in [6.45, 7) is 1.87. The Morgan fingerprint density at radius 3 is 2.71 bits per heavy atom. The zero-order chi connectivity index (χ0) is 14.6. The van der Waals surface area contributed by atoms with Gasteiger partial charge in [0.15, 0.2) is 0 Å². The molecule has 0 aliphatic carbocycles. The Balaban J connectivity index is 2.10. The number of benzene rings is 1. The molecule has 4 rings (SSSR count). The lowest BCUT2D eigenvalue weighted by atomic mass is 10.2. The van der Waals surface area contributed by atoms with Gasteiger partial charge in [-0.25, -0.2) is 8.91 Å². The van der Waals surface area contributed by atoms with Crippen LogP contribution in [0.15, 0.2) is 48.7 Å². The second kappa shape index (κ2) is 4.09. The van der Waals surface area contributed by atoms with Crippen molar-refractivity contribution in [3.05, 3.63) is 60.2 Å². The van der Waals surface area contributed by atoms with Gasteiger partial charge in [-0.15, -0.1) is 0 Å². The number of fused-ring (bicyclic) bond motifs is 3. The van der Waals surface area contributed by atoms with E-state index in [1.807, 2.05) is 19.1 Å². The number of hydrogen-bond acceptors (Lipinski definition) is 2. The van der Waals surface area contributed by atoms with Gasteiger partial charge in [0.05, 0.1) is 17.4 Å². The van der Waals surface area contributed by atoms with E-state index in [0.717, 1.165) is 11.1 Å². The third-order valence-corrected chi connectivity index (χ3v) is 3.63. The average molecular weight is 280 g/mol. The van der Waals surface area contributed by atoms with E-state index in [9.17, 15) is 9.50 Å². The van der Waals surface area contributed by atoms with E-state index < -0.39 is 0 Å². The van der Waals surface area contributed by atoms with Gasteiger partial charge < -0.3 is 5.11 Å². The van der Waals surface area contributed by atoms with Gasteiger partial charge in [-0.2, -0.15) is 0 Å². The Morgan fingerprint density at radius 2 is 1.95 bits per heavy atom. The van der Waals surface area contributed by atoms with E-state index in [2.05, 4.69) is 4.98 Å². The first-order valence-corrected chi connectivity index (χ1v) is 6.57. The molecule has 104 valence electrons. The fourth-order valence-corrected chi connectivity index (χ4v) is 2.59. The highest BCUT2D eigenvalue weighted by atomic mass is 19.1. The summed E-state index contributed by atoms with van der Waals surface area (Å²) in [5.41, 5.74) is 2.35. The molecule has 0 fully saturated rings. The van der Waals surface area contributed by atoms with E-state index in [-0.39, 0.29) is 11.7 Å². The fourth-order valence-electron chi connectivity index (χ4n) is 2.59. The maximum atomic E-state index is 14.2. The van der Waals surface area contributed by atoms with Crippen molar-refractivity contribution in [1.82, 2.24) is 14.2 Å². The van der Waals surface area contributed by atoms with Gasteiger partial charge >= 0.3 is 0 Å². The molecule has 0 bridgehead atoms. The number of rotatable bonds is 1. The third kappa shape index (κ3) is 1.57. The molecule has 1 aromatic carbocycles. The van der Waals surface area contributed by atoms with Gasteiger partial charge in [-0.1, -0.05) is 18.2 Å². The van der Waals surface area contributed by atoms with Gasteiger partial charge in [-0.3, -0.25) is 9.67 Å². The van der Waals surface area contributed by atoms with E-state index in [1.54, 1.807) is 35.0 Å². The van der Waals surface area contributed by atoms with Crippen LogP contribution >= 0.6 is 0 Å². The maximum Gasteiger partial charge on any atom is 0.149 e. The first kappa shape index (κ1) is 12.0. The largest absolute Gasteiger partial charge is 0.857 e. The second-order valence-corrected chi connectivity index (χ2v) is 4.98. The molecule has 0 aliphatic rings. The molecule has 0 atom stereocenters. The van der Waals surface area contributed by atoms with Crippen molar-refractivity contribution in [1.29, 1.82) is 0 Å². The van der Waals surface area contributed by atoms with Crippen molar-refractivity contribution in [2.45, 2.75) is 6.92 Å². The number of nitrogens with zero attached hydrogens (tertiary/aromatic N) is 3. The monoisotopic (exact) mass is 280 g/mol. The summed E-state index contributed by atoms with van der Waals surface area (Å²) in [7, 11) is 0. The zero-order valence-corrected chi connectivity index (χ0v) is 11.2. The summed E-state index contributed by atoms with van der Waals surface area (Å²) in [5, 5.41) is 13.0. The minimum atomic E-state index is -0.355. The lowest BCUT2D eigenvalue weighted by Crippen LogP contribution is -2.21. The van der Waals surface area contributed by atoms with Gasteiger partial charge in [0.25, 0.3) is 0 Å². The van der Waals surface area contributed by atoms with E-state index >= 15 is 0 Å². The van der Waals surface area contributed by atoms with Crippen LogP contribution < -0.4 is 5.11 Å². The fraction of sp³-hybridized carbons (Fsp3) is 0.0625. The summed E-state index contributed by atoms with van der Waals surface area (Å²) >= 11 is 0. The number of aryl methyl sites for hydroxylation is 1. The van der Waals surface area contributed by atoms with Crippen LogP contribution in [0.25, 0.3) is 22.1 Å². The maximum absolute atomic E-state index is 14.2. The molecule has 4 aromatic rings. The Kier molecular flexibility index (Phi) is 2.33. The molecule has 3 aromatic heterocycles. The van der Waals surface area contributed by atoms with Crippen molar-refractivity contribution in [2.24, 2.45) is 0 Å². The molecule has 0 amide bonds. The lowest BCUT2D eigenvalue weighted by molar-refractivity contribution is -0.280. The van der Waals surface area contributed by atoms with Crippen LogP contribution in [0, 0.1) is 12.7 Å². The van der Waals surface area contributed by atoms with Crippen LogP contribution in [0.2, 0.25) is 0 Å². The molecule has 0 saturated heterocycles. The summed E-state index contributed by atoms with van der Waals surface area (Å²) < 4.78 is 17.2. The van der Waals surface area contributed by atoms with Crippen molar-refractivity contribution in [3.8, 4) is 11.6 Å². The van der Waals surface area contributed by atoms with Gasteiger partial charge in [0.1, 0.15) is 11.3 Å². The molecule has 0 aliphatic heterocycles. The second-order valence-electron chi connectivity index (χ2n) is 4.98. The number of pyridine rings is 2. The molecule has 3 heterocycles. The van der Waals surface area contributed by atoms with Crippen LogP contribution in [0.3, 0.4) is 0 Å². The number of aromatic nitrogens is 3. The molecular weight excluding hydrogens is 269 g/mol. The highest BCUT2D eigenvalue weighted by molar-refractivity contribution is 5.85. The smallest absolute Gasteiger partial charge is 0.149 e. The summed E-state index contributed by atoms with van der Waals surface area (Å²) in [6.07, 6.45) is 1.61. The van der Waals surface area contributed by atoms with Crippen LogP contribution in [0.5, 0.6) is 5.88 Å². The topological polar surface area (TPSA) is 45.3 Å². The van der Waals surface area contributed by atoms with Crippen molar-refractivity contribution >= 4 is 16.4 Å². The van der Waals surface area contributed by atoms with E-state index in [0.29, 0.717) is 16.7 Å². The normalized spacial score (nSPS) is 11.5. The number of hydrogen-bond donors (Lipinski definition) is 0. The molecule has 21 heavy (non-hydrogen) atoms. The minimum absolute atomic E-state index is 0.161. The quantitative estimate of drug-likeness (QED) is 0.538. The molecule has 0 radical (unpaired) electrons. The number of para-hydroxylation sites is 1. The van der Waals surface area contributed by atoms with Crippen molar-refractivity contribution in [3.63, 3.8) is 0 Å². The predicted molar refractivity (Wildman–Crippen MR) is 76.2 cm³/mol. The summed E-state index contributed by atoms with van der Waals surface area (Å²) in [6, 6.07) is 12.0. The Hall–Kier alpha value is -2.82. The predicted octanol–water partition coefficient (Wildman–Crippen LogP) is 2.80. The molecule has 5 heteroatoms. The average Bonchev–Trinajstić information content (AvgIpc) is 2.49. The van der Waals surface area contributed by atoms with Crippen molar-refractivity contribution in [2.75, 3.05) is 0 Å². The summed E-state index contributed by atoms with van der Waals surface area (Å²) in [4.78, 5) is 4.19. The highest BCUT2D eigenvalue weighted by Gasteiger charge is 2.14. The summed E-state index contributed by atoms with van der Waals surface area (Å²) in [5.74, 6) is -0.516. The molecule has 0 spiro atoms. The van der Waals surface area contributed by atoms with Gasteiger partial charge in [0.2, 0.25) is 0 Å². The SMILES string of the molecule is Cc1ccc(-n2c([O-])c3ccc4cccc(F)c4n32)cn1. The minimum Gasteiger partial charge on any atom is -0.857 e.